The fourth-order valence-electron chi connectivity index (χ4n) is 1.54. The average Bonchev–Trinajstić information content (AvgIpc) is 2.69. The fourth-order valence-corrected chi connectivity index (χ4v) is 2.60. The van der Waals surface area contributed by atoms with Gasteiger partial charge in [-0.15, -0.1) is 0 Å². The van der Waals surface area contributed by atoms with Crippen molar-refractivity contribution in [2.24, 2.45) is 0 Å². The largest absolute Gasteiger partial charge is 0.376 e. The van der Waals surface area contributed by atoms with Gasteiger partial charge in [-0.3, -0.25) is 13.5 Å². The molecule has 0 aliphatic carbocycles. The second-order valence-electron chi connectivity index (χ2n) is 3.78. The van der Waals surface area contributed by atoms with Crippen LogP contribution in [0.4, 0.5) is 0 Å². The Hall–Kier alpha value is -1.05. The van der Waals surface area contributed by atoms with E-state index in [1.54, 1.807) is 0 Å². The van der Waals surface area contributed by atoms with Crippen LogP contribution in [0, 0.1) is 0 Å². The Bertz CT molecular complexity index is 715. The van der Waals surface area contributed by atoms with Crippen LogP contribution in [-0.4, -0.2) is 34.1 Å². The summed E-state index contributed by atoms with van der Waals surface area (Å²) >= 11 is 0. The SMILES string of the molecule is O=P(O)(O)c1cn2c(C(O)P(=O)(O)O)cccc2n1. The number of hydrogen-bond donors (Lipinski definition) is 5. The van der Waals surface area contributed by atoms with Crippen LogP contribution in [0.25, 0.3) is 5.65 Å². The van der Waals surface area contributed by atoms with Gasteiger partial charge >= 0.3 is 15.2 Å². The molecule has 0 aliphatic heterocycles. The maximum Gasteiger partial charge on any atom is 0.376 e. The Balaban J connectivity index is 2.67. The number of fused-ring (bicyclic) bond motifs is 1. The molecule has 0 saturated carbocycles. The predicted octanol–water partition coefficient (Wildman–Crippen LogP) is -0.694. The lowest BCUT2D eigenvalue weighted by Crippen LogP contribution is -2.05. The first-order valence-electron chi connectivity index (χ1n) is 4.88. The summed E-state index contributed by atoms with van der Waals surface area (Å²) in [7, 11) is -9.39. The lowest BCUT2D eigenvalue weighted by atomic mass is 10.3. The first-order valence-corrected chi connectivity index (χ1v) is 8.17. The molecule has 0 amide bonds. The predicted molar refractivity (Wildman–Crippen MR) is 63.9 cm³/mol. The summed E-state index contributed by atoms with van der Waals surface area (Å²) in [6.45, 7) is 0. The Morgan fingerprint density at radius 3 is 2.32 bits per heavy atom. The minimum absolute atomic E-state index is 0.0586. The molecule has 19 heavy (non-hydrogen) atoms. The monoisotopic (exact) mass is 308 g/mol. The number of hydrogen-bond acceptors (Lipinski definition) is 4. The van der Waals surface area contributed by atoms with Crippen molar-refractivity contribution < 1.29 is 33.8 Å². The number of aliphatic hydroxyl groups is 1. The summed E-state index contributed by atoms with van der Waals surface area (Å²) in [4.78, 5) is 39.5. The van der Waals surface area contributed by atoms with Gasteiger partial charge < -0.3 is 24.7 Å². The maximum atomic E-state index is 11.1. The molecule has 0 radical (unpaired) electrons. The highest BCUT2D eigenvalue weighted by Crippen LogP contribution is 2.49. The molecule has 2 rings (SSSR count). The van der Waals surface area contributed by atoms with E-state index >= 15 is 0 Å². The molecule has 104 valence electrons. The topological polar surface area (TPSA) is 153 Å². The number of rotatable bonds is 3. The van der Waals surface area contributed by atoms with Crippen molar-refractivity contribution in [1.29, 1.82) is 0 Å². The Morgan fingerprint density at radius 2 is 1.79 bits per heavy atom. The Morgan fingerprint density at radius 1 is 1.16 bits per heavy atom. The highest BCUT2D eigenvalue weighted by Gasteiger charge is 2.31. The van der Waals surface area contributed by atoms with Crippen LogP contribution in [0.2, 0.25) is 0 Å². The van der Waals surface area contributed by atoms with Gasteiger partial charge in [-0.1, -0.05) is 6.07 Å². The molecule has 0 aromatic carbocycles. The van der Waals surface area contributed by atoms with Gasteiger partial charge in [0.2, 0.25) is 0 Å². The molecule has 0 aliphatic rings. The average molecular weight is 308 g/mol. The van der Waals surface area contributed by atoms with Crippen LogP contribution in [0.3, 0.4) is 0 Å². The maximum absolute atomic E-state index is 11.1. The Kier molecular flexibility index (Phi) is 3.40. The molecule has 0 spiro atoms. The van der Waals surface area contributed by atoms with E-state index in [1.165, 1.54) is 18.2 Å². The lowest BCUT2D eigenvalue weighted by Gasteiger charge is -2.14. The number of imidazole rings is 1. The minimum Gasteiger partial charge on any atom is -0.375 e. The minimum atomic E-state index is -4.80. The fraction of sp³-hybridized carbons (Fsp3) is 0.125. The van der Waals surface area contributed by atoms with Gasteiger partial charge in [-0.2, -0.15) is 0 Å². The molecular formula is C8H10N2O7P2. The number of aliphatic hydroxyl groups excluding tert-OH is 1. The van der Waals surface area contributed by atoms with Gasteiger partial charge in [0.25, 0.3) is 0 Å². The number of nitrogens with zero attached hydrogens (tertiary/aromatic N) is 2. The molecule has 0 bridgehead atoms. The molecule has 0 fully saturated rings. The van der Waals surface area contributed by atoms with Gasteiger partial charge in [0.1, 0.15) is 5.65 Å². The van der Waals surface area contributed by atoms with E-state index in [0.717, 1.165) is 10.6 Å². The van der Waals surface area contributed by atoms with Gasteiger partial charge in [0, 0.05) is 6.20 Å². The van der Waals surface area contributed by atoms with Crippen molar-refractivity contribution in [1.82, 2.24) is 9.38 Å². The molecule has 2 heterocycles. The third-order valence-electron chi connectivity index (χ3n) is 2.39. The van der Waals surface area contributed by atoms with Crippen LogP contribution in [0.5, 0.6) is 0 Å². The zero-order chi connectivity index (χ0) is 14.4. The van der Waals surface area contributed by atoms with Gasteiger partial charge in [0.15, 0.2) is 11.3 Å². The summed E-state index contributed by atoms with van der Waals surface area (Å²) < 4.78 is 23.1. The van der Waals surface area contributed by atoms with E-state index in [0.29, 0.717) is 0 Å². The van der Waals surface area contributed by atoms with Crippen LogP contribution < -0.4 is 5.44 Å². The molecule has 2 aromatic rings. The van der Waals surface area contributed by atoms with E-state index in [4.69, 9.17) is 19.6 Å². The van der Waals surface area contributed by atoms with Crippen molar-refractivity contribution >= 4 is 26.3 Å². The van der Waals surface area contributed by atoms with Gasteiger partial charge in [-0.25, -0.2) is 4.98 Å². The highest BCUT2D eigenvalue weighted by molar-refractivity contribution is 7.60. The second-order valence-corrected chi connectivity index (χ2v) is 7.00. The summed E-state index contributed by atoms with van der Waals surface area (Å²) in [6, 6.07) is 3.97. The number of pyridine rings is 1. The van der Waals surface area contributed by atoms with E-state index in [-0.39, 0.29) is 11.3 Å². The van der Waals surface area contributed by atoms with E-state index in [1.807, 2.05) is 0 Å². The van der Waals surface area contributed by atoms with E-state index < -0.39 is 26.5 Å². The molecule has 1 unspecified atom stereocenters. The van der Waals surface area contributed by atoms with Crippen molar-refractivity contribution in [2.75, 3.05) is 0 Å². The van der Waals surface area contributed by atoms with Crippen molar-refractivity contribution in [3.05, 3.63) is 30.1 Å². The molecular weight excluding hydrogens is 298 g/mol. The van der Waals surface area contributed by atoms with E-state index in [9.17, 15) is 14.2 Å². The molecule has 1 atom stereocenters. The normalized spacial score (nSPS) is 14.8. The second kappa shape index (κ2) is 4.50. The van der Waals surface area contributed by atoms with Gasteiger partial charge in [0.05, 0.1) is 5.69 Å². The van der Waals surface area contributed by atoms with Crippen molar-refractivity contribution in [3.63, 3.8) is 0 Å². The quantitative estimate of drug-likeness (QED) is 0.467. The zero-order valence-corrected chi connectivity index (χ0v) is 11.0. The Labute approximate surface area is 106 Å². The van der Waals surface area contributed by atoms with E-state index in [2.05, 4.69) is 4.98 Å². The van der Waals surface area contributed by atoms with Crippen LogP contribution in [0.1, 0.15) is 11.5 Å². The summed E-state index contributed by atoms with van der Waals surface area (Å²) in [5, 5.41) is 9.56. The zero-order valence-electron chi connectivity index (χ0n) is 9.23. The smallest absolute Gasteiger partial charge is 0.375 e. The molecule has 0 saturated heterocycles. The summed E-state index contributed by atoms with van der Waals surface area (Å²) in [5.41, 5.74) is -0.695. The van der Waals surface area contributed by atoms with Crippen LogP contribution in [-0.2, 0) is 9.13 Å². The molecule has 5 N–H and O–H groups in total. The summed E-state index contributed by atoms with van der Waals surface area (Å²) in [6.07, 6.45) is 0.935. The van der Waals surface area contributed by atoms with Crippen molar-refractivity contribution in [2.45, 2.75) is 5.85 Å². The number of aromatic nitrogens is 2. The van der Waals surface area contributed by atoms with Crippen LogP contribution in [0.15, 0.2) is 24.4 Å². The highest BCUT2D eigenvalue weighted by atomic mass is 31.2. The lowest BCUT2D eigenvalue weighted by molar-refractivity contribution is 0.201. The first kappa shape index (κ1) is 14.4. The van der Waals surface area contributed by atoms with Crippen molar-refractivity contribution in [3.8, 4) is 0 Å². The molecule has 2 aromatic heterocycles. The summed E-state index contributed by atoms with van der Waals surface area (Å²) in [5.74, 6) is -2.10. The molecule has 11 heteroatoms. The standard InChI is InChI=1S/C8H10N2O7P2/c11-8(19(15,16)17)5-2-1-3-6-9-7(4-10(5)6)18(12,13)14/h1-4,8,11H,(H2,12,13,14)(H2,15,16,17). The van der Waals surface area contributed by atoms with Crippen LogP contribution >= 0.6 is 15.2 Å². The first-order chi connectivity index (χ1) is 8.60. The third-order valence-corrected chi connectivity index (χ3v) is 4.11. The van der Waals surface area contributed by atoms with Gasteiger partial charge in [-0.05, 0) is 12.1 Å². The third kappa shape index (κ3) is 2.77. The molecule has 9 nitrogen and oxygen atoms in total.